The first-order valence-corrected chi connectivity index (χ1v) is 9.10. The molecule has 27 heavy (non-hydrogen) atoms. The minimum Gasteiger partial charge on any atom is -0.493 e. The lowest BCUT2D eigenvalue weighted by atomic mass is 10.1. The van der Waals surface area contributed by atoms with E-state index < -0.39 is 12.0 Å². The zero-order chi connectivity index (χ0) is 19.8. The van der Waals surface area contributed by atoms with Gasteiger partial charge in [-0.1, -0.05) is 12.1 Å². The molecule has 0 saturated carbocycles. The third kappa shape index (κ3) is 6.56. The molecule has 8 heteroatoms. The van der Waals surface area contributed by atoms with Crippen molar-refractivity contribution < 1.29 is 24.2 Å². The first kappa shape index (κ1) is 20.7. The lowest BCUT2D eigenvalue weighted by Gasteiger charge is -2.35. The van der Waals surface area contributed by atoms with E-state index in [1.165, 1.54) is 0 Å². The van der Waals surface area contributed by atoms with Gasteiger partial charge in [-0.15, -0.1) is 0 Å². The molecule has 1 aliphatic rings. The van der Waals surface area contributed by atoms with Crippen LogP contribution in [0.3, 0.4) is 0 Å². The molecule has 2 amide bonds. The molecule has 0 unspecified atom stereocenters. The van der Waals surface area contributed by atoms with Gasteiger partial charge in [-0.2, -0.15) is 0 Å². The summed E-state index contributed by atoms with van der Waals surface area (Å²) >= 11 is 0. The van der Waals surface area contributed by atoms with Crippen molar-refractivity contribution in [2.24, 2.45) is 5.73 Å². The Morgan fingerprint density at radius 3 is 2.26 bits per heavy atom. The summed E-state index contributed by atoms with van der Waals surface area (Å²) in [6.45, 7) is 4.14. The Labute approximate surface area is 158 Å². The SMILES string of the molecule is Cc1cccc(OCCC(=O)N2CCN(C(=O)CC[C@H](N)C(=O)O)CC2)c1. The molecule has 0 bridgehead atoms. The molecule has 148 valence electrons. The number of carboxylic acid groups (broad SMARTS) is 1. The third-order valence-electron chi connectivity index (χ3n) is 4.55. The summed E-state index contributed by atoms with van der Waals surface area (Å²) in [5.74, 6) is -0.479. The van der Waals surface area contributed by atoms with Gasteiger partial charge in [0.2, 0.25) is 11.8 Å². The van der Waals surface area contributed by atoms with Crippen LogP contribution in [0.25, 0.3) is 0 Å². The number of carboxylic acids is 1. The van der Waals surface area contributed by atoms with Gasteiger partial charge in [-0.25, -0.2) is 0 Å². The molecular weight excluding hydrogens is 350 g/mol. The van der Waals surface area contributed by atoms with Crippen LogP contribution in [0.4, 0.5) is 0 Å². The van der Waals surface area contributed by atoms with Gasteiger partial charge in [0.25, 0.3) is 0 Å². The zero-order valence-electron chi connectivity index (χ0n) is 15.6. The minimum absolute atomic E-state index is 0.00246. The van der Waals surface area contributed by atoms with E-state index in [1.807, 2.05) is 31.2 Å². The lowest BCUT2D eigenvalue weighted by molar-refractivity contribution is -0.141. The summed E-state index contributed by atoms with van der Waals surface area (Å²) in [4.78, 5) is 38.5. The smallest absolute Gasteiger partial charge is 0.320 e. The van der Waals surface area contributed by atoms with Crippen LogP contribution >= 0.6 is 0 Å². The number of carbonyl (C=O) groups excluding carboxylic acids is 2. The van der Waals surface area contributed by atoms with Crippen molar-refractivity contribution in [1.82, 2.24) is 9.80 Å². The van der Waals surface area contributed by atoms with E-state index in [0.717, 1.165) is 11.3 Å². The Bertz CT molecular complexity index is 671. The van der Waals surface area contributed by atoms with Crippen LogP contribution in [0, 0.1) is 6.92 Å². The van der Waals surface area contributed by atoms with Crippen molar-refractivity contribution in [2.75, 3.05) is 32.8 Å². The molecule has 0 aliphatic carbocycles. The highest BCUT2D eigenvalue weighted by molar-refractivity contribution is 5.79. The Morgan fingerprint density at radius 1 is 1.11 bits per heavy atom. The maximum atomic E-state index is 12.3. The Balaban J connectivity index is 1.67. The molecule has 0 spiro atoms. The van der Waals surface area contributed by atoms with E-state index in [2.05, 4.69) is 0 Å². The van der Waals surface area contributed by atoms with Gasteiger partial charge in [0.15, 0.2) is 0 Å². The largest absolute Gasteiger partial charge is 0.493 e. The maximum Gasteiger partial charge on any atom is 0.320 e. The molecular formula is C19H27N3O5. The van der Waals surface area contributed by atoms with E-state index in [-0.39, 0.29) is 31.1 Å². The van der Waals surface area contributed by atoms with Crippen LogP contribution in [0.2, 0.25) is 0 Å². The van der Waals surface area contributed by atoms with E-state index >= 15 is 0 Å². The number of hydrogen-bond donors (Lipinski definition) is 2. The van der Waals surface area contributed by atoms with Gasteiger partial charge in [0.05, 0.1) is 13.0 Å². The molecule has 0 aromatic heterocycles. The summed E-state index contributed by atoms with van der Waals surface area (Å²) in [6, 6.07) is 6.65. The minimum atomic E-state index is -1.11. The lowest BCUT2D eigenvalue weighted by Crippen LogP contribution is -2.51. The standard InChI is InChI=1S/C19H27N3O5/c1-14-3-2-4-15(13-14)27-12-7-18(24)22-10-8-21(9-11-22)17(23)6-5-16(20)19(25)26/h2-4,13,16H,5-12,20H2,1H3,(H,25,26)/t16-/m0/s1. The molecule has 1 aromatic carbocycles. The van der Waals surface area contributed by atoms with Crippen molar-refractivity contribution in [3.63, 3.8) is 0 Å². The van der Waals surface area contributed by atoms with Gasteiger partial charge in [0, 0.05) is 32.6 Å². The normalized spacial score (nSPS) is 15.3. The monoisotopic (exact) mass is 377 g/mol. The molecule has 2 rings (SSSR count). The van der Waals surface area contributed by atoms with Crippen molar-refractivity contribution in [1.29, 1.82) is 0 Å². The van der Waals surface area contributed by atoms with E-state index in [4.69, 9.17) is 15.6 Å². The highest BCUT2D eigenvalue weighted by Gasteiger charge is 2.24. The second-order valence-electron chi connectivity index (χ2n) is 6.66. The van der Waals surface area contributed by atoms with Gasteiger partial charge in [-0.05, 0) is 31.0 Å². The number of nitrogens with two attached hydrogens (primary N) is 1. The van der Waals surface area contributed by atoms with Crippen LogP contribution in [0.15, 0.2) is 24.3 Å². The average Bonchev–Trinajstić information content (AvgIpc) is 2.65. The molecule has 1 atom stereocenters. The summed E-state index contributed by atoms with van der Waals surface area (Å²) in [5.41, 5.74) is 6.52. The first-order valence-electron chi connectivity index (χ1n) is 9.10. The van der Waals surface area contributed by atoms with Crippen LogP contribution < -0.4 is 10.5 Å². The summed E-state index contributed by atoms with van der Waals surface area (Å²) in [6.07, 6.45) is 0.505. The number of aryl methyl sites for hydroxylation is 1. The van der Waals surface area contributed by atoms with Crippen LogP contribution in [-0.4, -0.2) is 71.5 Å². The molecule has 1 aromatic rings. The molecule has 1 aliphatic heterocycles. The fraction of sp³-hybridized carbons (Fsp3) is 0.526. The van der Waals surface area contributed by atoms with Gasteiger partial charge < -0.3 is 25.4 Å². The highest BCUT2D eigenvalue weighted by Crippen LogP contribution is 2.13. The van der Waals surface area contributed by atoms with Crippen molar-refractivity contribution >= 4 is 17.8 Å². The van der Waals surface area contributed by atoms with Crippen LogP contribution in [0.1, 0.15) is 24.8 Å². The predicted octanol–water partition coefficient (Wildman–Crippen LogP) is 0.627. The Morgan fingerprint density at radius 2 is 1.70 bits per heavy atom. The summed E-state index contributed by atoms with van der Waals surface area (Å²) in [7, 11) is 0. The maximum absolute atomic E-state index is 12.3. The fourth-order valence-electron chi connectivity index (χ4n) is 2.89. The molecule has 0 radical (unpaired) electrons. The summed E-state index contributed by atoms with van der Waals surface area (Å²) < 4.78 is 5.61. The Hall–Kier alpha value is -2.61. The molecule has 8 nitrogen and oxygen atoms in total. The van der Waals surface area contributed by atoms with Crippen molar-refractivity contribution in [2.45, 2.75) is 32.2 Å². The number of piperazine rings is 1. The van der Waals surface area contributed by atoms with Gasteiger partial charge >= 0.3 is 5.97 Å². The predicted molar refractivity (Wildman–Crippen MR) is 99.3 cm³/mol. The number of amides is 2. The topological polar surface area (TPSA) is 113 Å². The number of carbonyl (C=O) groups is 3. The summed E-state index contributed by atoms with van der Waals surface area (Å²) in [5, 5.41) is 8.75. The van der Waals surface area contributed by atoms with Crippen LogP contribution in [0.5, 0.6) is 5.75 Å². The molecule has 3 N–H and O–H groups in total. The number of hydrogen-bond acceptors (Lipinski definition) is 5. The van der Waals surface area contributed by atoms with Gasteiger partial charge in [0.1, 0.15) is 11.8 Å². The van der Waals surface area contributed by atoms with E-state index in [0.29, 0.717) is 32.8 Å². The fourth-order valence-corrected chi connectivity index (χ4v) is 2.89. The number of aliphatic carboxylic acids is 1. The zero-order valence-corrected chi connectivity index (χ0v) is 15.6. The number of rotatable bonds is 8. The first-order chi connectivity index (χ1) is 12.9. The Kier molecular flexibility index (Phi) is 7.60. The molecule has 1 heterocycles. The average molecular weight is 377 g/mol. The van der Waals surface area contributed by atoms with E-state index in [9.17, 15) is 14.4 Å². The number of ether oxygens (including phenoxy) is 1. The molecule has 1 fully saturated rings. The van der Waals surface area contributed by atoms with Crippen molar-refractivity contribution in [3.05, 3.63) is 29.8 Å². The number of benzene rings is 1. The van der Waals surface area contributed by atoms with Crippen LogP contribution in [-0.2, 0) is 14.4 Å². The van der Waals surface area contributed by atoms with Crippen molar-refractivity contribution in [3.8, 4) is 5.75 Å². The second kappa shape index (κ2) is 9.91. The second-order valence-corrected chi connectivity index (χ2v) is 6.66. The molecule has 1 saturated heterocycles. The number of nitrogens with zero attached hydrogens (tertiary/aromatic N) is 2. The quantitative estimate of drug-likeness (QED) is 0.687. The third-order valence-corrected chi connectivity index (χ3v) is 4.55. The van der Waals surface area contributed by atoms with Gasteiger partial charge in [-0.3, -0.25) is 14.4 Å². The van der Waals surface area contributed by atoms with E-state index in [1.54, 1.807) is 9.80 Å². The highest BCUT2D eigenvalue weighted by atomic mass is 16.5.